The van der Waals surface area contributed by atoms with Crippen molar-refractivity contribution in [2.45, 2.75) is 44.2 Å². The second kappa shape index (κ2) is 6.95. The molecule has 2 aliphatic heterocycles. The van der Waals surface area contributed by atoms with E-state index in [-0.39, 0.29) is 11.6 Å². The number of carbonyl (C=O) groups excluding carboxylic acids is 1. The number of rotatable bonds is 5. The Morgan fingerprint density at radius 3 is 3.05 bits per heavy atom. The van der Waals surface area contributed by atoms with Crippen LogP contribution in [0.25, 0.3) is 0 Å². The first-order valence-corrected chi connectivity index (χ1v) is 8.37. The zero-order valence-electron chi connectivity index (χ0n) is 12.0. The van der Waals surface area contributed by atoms with Crippen LogP contribution in [0.5, 0.6) is 0 Å². The van der Waals surface area contributed by atoms with E-state index >= 15 is 0 Å². The molecule has 0 aromatic rings. The van der Waals surface area contributed by atoms with Crippen molar-refractivity contribution in [1.82, 2.24) is 4.90 Å². The summed E-state index contributed by atoms with van der Waals surface area (Å²) in [6, 6.07) is 0.464. The highest BCUT2D eigenvalue weighted by Gasteiger charge is 2.42. The van der Waals surface area contributed by atoms with Gasteiger partial charge in [0.05, 0.1) is 19.3 Å². The summed E-state index contributed by atoms with van der Waals surface area (Å²) in [5, 5.41) is 0. The third kappa shape index (κ3) is 3.86. The van der Waals surface area contributed by atoms with Crippen molar-refractivity contribution in [2.24, 2.45) is 0 Å². The molecule has 5 heteroatoms. The lowest BCUT2D eigenvalue weighted by molar-refractivity contribution is -0.144. The Kier molecular flexibility index (Phi) is 5.54. The number of methoxy groups -OCH3 is 1. The van der Waals surface area contributed by atoms with Gasteiger partial charge in [0, 0.05) is 18.4 Å². The van der Waals surface area contributed by atoms with Crippen LogP contribution in [0.15, 0.2) is 0 Å². The van der Waals surface area contributed by atoms with Gasteiger partial charge in [-0.1, -0.05) is 6.92 Å². The van der Waals surface area contributed by atoms with Crippen LogP contribution in [0.3, 0.4) is 0 Å². The maximum Gasteiger partial charge on any atom is 0.319 e. The molecule has 2 aliphatic rings. The summed E-state index contributed by atoms with van der Waals surface area (Å²) in [4.78, 5) is 13.8. The van der Waals surface area contributed by atoms with Gasteiger partial charge in [-0.3, -0.25) is 9.69 Å². The van der Waals surface area contributed by atoms with Gasteiger partial charge in [-0.15, -0.1) is 0 Å². The maximum absolute atomic E-state index is 11.6. The van der Waals surface area contributed by atoms with E-state index in [0.717, 1.165) is 44.6 Å². The van der Waals surface area contributed by atoms with Crippen LogP contribution in [0.4, 0.5) is 0 Å². The third-order valence-electron chi connectivity index (χ3n) is 4.12. The Bertz CT molecular complexity index is 305. The first-order valence-electron chi connectivity index (χ1n) is 7.22. The second-order valence-corrected chi connectivity index (χ2v) is 6.63. The highest BCUT2D eigenvalue weighted by Crippen LogP contribution is 2.39. The van der Waals surface area contributed by atoms with E-state index in [0.29, 0.717) is 12.6 Å². The van der Waals surface area contributed by atoms with E-state index in [1.54, 1.807) is 0 Å². The second-order valence-electron chi connectivity index (χ2n) is 5.53. The molecule has 4 nitrogen and oxygen atoms in total. The molecule has 2 heterocycles. The molecule has 0 radical (unpaired) electrons. The quantitative estimate of drug-likeness (QED) is 0.722. The normalized spacial score (nSPS) is 31.0. The van der Waals surface area contributed by atoms with Gasteiger partial charge in [0.25, 0.3) is 0 Å². The lowest BCUT2D eigenvalue weighted by Crippen LogP contribution is -2.50. The van der Waals surface area contributed by atoms with Gasteiger partial charge in [-0.2, -0.15) is 11.8 Å². The van der Waals surface area contributed by atoms with Crippen LogP contribution >= 0.6 is 11.8 Å². The summed E-state index contributed by atoms with van der Waals surface area (Å²) in [5.74, 6) is 2.19. The molecule has 0 aromatic heterocycles. The Morgan fingerprint density at radius 2 is 2.42 bits per heavy atom. The first-order chi connectivity index (χ1) is 9.19. The molecule has 1 spiro atoms. The summed E-state index contributed by atoms with van der Waals surface area (Å²) in [6.07, 6.45) is 4.32. The number of carbonyl (C=O) groups is 1. The summed E-state index contributed by atoms with van der Waals surface area (Å²) < 4.78 is 10.9. The number of nitrogens with zero attached hydrogens (tertiary/aromatic N) is 1. The van der Waals surface area contributed by atoms with E-state index in [4.69, 9.17) is 9.47 Å². The Labute approximate surface area is 120 Å². The molecule has 0 aliphatic carbocycles. The van der Waals surface area contributed by atoms with Gasteiger partial charge >= 0.3 is 5.97 Å². The van der Waals surface area contributed by atoms with Crippen LogP contribution in [-0.2, 0) is 14.3 Å². The van der Waals surface area contributed by atoms with Crippen LogP contribution < -0.4 is 0 Å². The minimum absolute atomic E-state index is 0.0791. The molecule has 2 unspecified atom stereocenters. The fourth-order valence-corrected chi connectivity index (χ4v) is 4.46. The fraction of sp³-hybridized carbons (Fsp3) is 0.929. The third-order valence-corrected chi connectivity index (χ3v) is 5.34. The molecule has 0 bridgehead atoms. The van der Waals surface area contributed by atoms with Crippen molar-refractivity contribution in [3.05, 3.63) is 0 Å². The smallest absolute Gasteiger partial charge is 0.319 e. The van der Waals surface area contributed by atoms with Crippen LogP contribution in [0.2, 0.25) is 0 Å². The predicted octanol–water partition coefficient (Wildman–Crippen LogP) is 1.93. The van der Waals surface area contributed by atoms with Gasteiger partial charge in [0.15, 0.2) is 0 Å². The van der Waals surface area contributed by atoms with Crippen molar-refractivity contribution >= 4 is 17.7 Å². The van der Waals surface area contributed by atoms with E-state index in [1.807, 2.05) is 11.8 Å². The largest absolute Gasteiger partial charge is 0.468 e. The van der Waals surface area contributed by atoms with E-state index < -0.39 is 0 Å². The number of esters is 1. The lowest BCUT2D eigenvalue weighted by atomic mass is 9.89. The lowest BCUT2D eigenvalue weighted by Gasteiger charge is -2.42. The molecule has 19 heavy (non-hydrogen) atoms. The van der Waals surface area contributed by atoms with Gasteiger partial charge in [-0.05, 0) is 38.0 Å². The Hall–Kier alpha value is -0.260. The highest BCUT2D eigenvalue weighted by atomic mass is 32.2. The molecule has 2 atom stereocenters. The van der Waals surface area contributed by atoms with E-state index in [9.17, 15) is 4.79 Å². The minimum Gasteiger partial charge on any atom is -0.468 e. The standard InChI is InChI=1S/C14H25NO3S/c1-3-6-15(10-13(16)17-2)12-4-7-18-14(9-12)5-8-19-11-14/h12H,3-11H2,1-2H3. The molecule has 110 valence electrons. The number of hydrogen-bond donors (Lipinski definition) is 0. The van der Waals surface area contributed by atoms with Gasteiger partial charge in [-0.25, -0.2) is 0 Å². The predicted molar refractivity (Wildman–Crippen MR) is 77.5 cm³/mol. The van der Waals surface area contributed by atoms with Crippen LogP contribution in [-0.4, -0.2) is 60.8 Å². The first kappa shape index (κ1) is 15.1. The summed E-state index contributed by atoms with van der Waals surface area (Å²) in [5.41, 5.74) is 0.0791. The molecular formula is C14H25NO3S. The minimum atomic E-state index is -0.130. The summed E-state index contributed by atoms with van der Waals surface area (Å²) in [6.45, 7) is 4.36. The molecule has 0 N–H and O–H groups in total. The van der Waals surface area contributed by atoms with Gasteiger partial charge < -0.3 is 9.47 Å². The molecule has 0 amide bonds. The average molecular weight is 287 g/mol. The molecular weight excluding hydrogens is 262 g/mol. The SMILES string of the molecule is CCCN(CC(=O)OC)C1CCOC2(CCSC2)C1. The average Bonchev–Trinajstić information content (AvgIpc) is 2.86. The van der Waals surface area contributed by atoms with Crippen molar-refractivity contribution in [3.8, 4) is 0 Å². The molecule has 2 fully saturated rings. The van der Waals surface area contributed by atoms with Crippen molar-refractivity contribution < 1.29 is 14.3 Å². The van der Waals surface area contributed by atoms with Gasteiger partial charge in [0.1, 0.15) is 0 Å². The van der Waals surface area contributed by atoms with Crippen molar-refractivity contribution in [2.75, 3.05) is 38.3 Å². The summed E-state index contributed by atoms with van der Waals surface area (Å²) in [7, 11) is 1.46. The van der Waals surface area contributed by atoms with Crippen molar-refractivity contribution in [3.63, 3.8) is 0 Å². The Balaban J connectivity index is 1.97. The van der Waals surface area contributed by atoms with E-state index in [1.165, 1.54) is 12.9 Å². The topological polar surface area (TPSA) is 38.8 Å². The Morgan fingerprint density at radius 1 is 1.58 bits per heavy atom. The number of ether oxygens (including phenoxy) is 2. The molecule has 0 aromatic carbocycles. The number of hydrogen-bond acceptors (Lipinski definition) is 5. The molecule has 2 saturated heterocycles. The van der Waals surface area contributed by atoms with E-state index in [2.05, 4.69) is 11.8 Å². The van der Waals surface area contributed by atoms with Gasteiger partial charge in [0.2, 0.25) is 0 Å². The van der Waals surface area contributed by atoms with Crippen molar-refractivity contribution in [1.29, 1.82) is 0 Å². The fourth-order valence-electron chi connectivity index (χ4n) is 3.09. The van der Waals surface area contributed by atoms with Crippen LogP contribution in [0.1, 0.15) is 32.6 Å². The zero-order valence-corrected chi connectivity index (χ0v) is 12.8. The maximum atomic E-state index is 11.6. The van der Waals surface area contributed by atoms with Crippen LogP contribution in [0, 0.1) is 0 Å². The zero-order chi connectivity index (χ0) is 13.7. The number of thioether (sulfide) groups is 1. The monoisotopic (exact) mass is 287 g/mol. The molecule has 0 saturated carbocycles. The summed E-state index contributed by atoms with van der Waals surface area (Å²) >= 11 is 1.99. The molecule has 2 rings (SSSR count). The highest BCUT2D eigenvalue weighted by molar-refractivity contribution is 7.99.